The standard InChI is InChI=1S/C13H16N2O2S/c1-3-10-8(2)18-7-11(10)13-14-12(15-17-13)9-4-5-16-6-9/h7,9H,3-6H2,1-2H3. The number of aromatic nitrogens is 2. The molecule has 1 aliphatic rings. The Morgan fingerprint density at radius 3 is 3.11 bits per heavy atom. The van der Waals surface area contributed by atoms with Gasteiger partial charge in [0.05, 0.1) is 12.2 Å². The van der Waals surface area contributed by atoms with E-state index in [-0.39, 0.29) is 0 Å². The first-order valence-corrected chi connectivity index (χ1v) is 7.16. The third kappa shape index (κ3) is 1.97. The van der Waals surface area contributed by atoms with Crippen LogP contribution in [0.1, 0.15) is 35.5 Å². The highest BCUT2D eigenvalue weighted by Gasteiger charge is 2.24. The van der Waals surface area contributed by atoms with Gasteiger partial charge in [-0.25, -0.2) is 0 Å². The van der Waals surface area contributed by atoms with E-state index in [1.807, 2.05) is 0 Å². The van der Waals surface area contributed by atoms with E-state index in [2.05, 4.69) is 29.4 Å². The Hall–Kier alpha value is -1.20. The molecule has 4 nitrogen and oxygen atoms in total. The maximum absolute atomic E-state index is 5.41. The molecule has 96 valence electrons. The summed E-state index contributed by atoms with van der Waals surface area (Å²) in [6, 6.07) is 0. The monoisotopic (exact) mass is 264 g/mol. The summed E-state index contributed by atoms with van der Waals surface area (Å²) in [6.45, 7) is 5.80. The Balaban J connectivity index is 1.92. The molecular weight excluding hydrogens is 248 g/mol. The van der Waals surface area contributed by atoms with Crippen LogP contribution in [0.2, 0.25) is 0 Å². The largest absolute Gasteiger partial charge is 0.381 e. The summed E-state index contributed by atoms with van der Waals surface area (Å²) in [5.41, 5.74) is 2.41. The van der Waals surface area contributed by atoms with Gasteiger partial charge >= 0.3 is 0 Å². The number of rotatable bonds is 3. The molecule has 1 atom stereocenters. The molecule has 1 aliphatic heterocycles. The van der Waals surface area contributed by atoms with Gasteiger partial charge in [-0.2, -0.15) is 4.98 Å². The summed E-state index contributed by atoms with van der Waals surface area (Å²) in [4.78, 5) is 5.86. The van der Waals surface area contributed by atoms with Crippen LogP contribution in [0.25, 0.3) is 11.5 Å². The van der Waals surface area contributed by atoms with Crippen LogP contribution >= 0.6 is 11.3 Å². The van der Waals surface area contributed by atoms with Gasteiger partial charge in [0.25, 0.3) is 5.89 Å². The minimum atomic E-state index is 0.298. The lowest BCUT2D eigenvalue weighted by atomic mass is 10.1. The van der Waals surface area contributed by atoms with Crippen molar-refractivity contribution in [1.29, 1.82) is 0 Å². The molecule has 2 aromatic heterocycles. The molecule has 0 N–H and O–H groups in total. The van der Waals surface area contributed by atoms with Gasteiger partial charge in [0.15, 0.2) is 5.82 Å². The zero-order chi connectivity index (χ0) is 12.5. The summed E-state index contributed by atoms with van der Waals surface area (Å²) in [5.74, 6) is 1.74. The molecule has 0 radical (unpaired) electrons. The highest BCUT2D eigenvalue weighted by molar-refractivity contribution is 7.10. The molecular formula is C13H16N2O2S. The normalized spacial score (nSPS) is 19.6. The van der Waals surface area contributed by atoms with Crippen LogP contribution in [0.5, 0.6) is 0 Å². The number of hydrogen-bond donors (Lipinski definition) is 0. The Kier molecular flexibility index (Phi) is 3.18. The fourth-order valence-corrected chi connectivity index (χ4v) is 3.28. The molecule has 2 aromatic rings. The van der Waals surface area contributed by atoms with Gasteiger partial charge < -0.3 is 9.26 Å². The maximum Gasteiger partial charge on any atom is 0.259 e. The number of thiophene rings is 1. The molecule has 0 amide bonds. The third-order valence-electron chi connectivity index (χ3n) is 3.42. The van der Waals surface area contributed by atoms with Gasteiger partial charge in [0, 0.05) is 22.8 Å². The first-order valence-electron chi connectivity index (χ1n) is 6.28. The molecule has 3 heterocycles. The lowest BCUT2D eigenvalue weighted by Crippen LogP contribution is -1.99. The van der Waals surface area contributed by atoms with Gasteiger partial charge in [-0.3, -0.25) is 0 Å². The second-order valence-corrected chi connectivity index (χ2v) is 5.64. The van der Waals surface area contributed by atoms with Crippen LogP contribution in [0.3, 0.4) is 0 Å². The molecule has 0 saturated carbocycles. The lowest BCUT2D eigenvalue weighted by Gasteiger charge is -1.98. The maximum atomic E-state index is 5.41. The van der Waals surface area contributed by atoms with Crippen molar-refractivity contribution in [3.05, 3.63) is 21.6 Å². The Morgan fingerprint density at radius 2 is 2.39 bits per heavy atom. The van der Waals surface area contributed by atoms with Gasteiger partial charge in [-0.05, 0) is 25.3 Å². The fourth-order valence-electron chi connectivity index (χ4n) is 2.35. The summed E-state index contributed by atoms with van der Waals surface area (Å²) >= 11 is 1.74. The second-order valence-electron chi connectivity index (χ2n) is 4.56. The van der Waals surface area contributed by atoms with Crippen LogP contribution < -0.4 is 0 Å². The third-order valence-corrected chi connectivity index (χ3v) is 4.38. The average molecular weight is 264 g/mol. The number of hydrogen-bond acceptors (Lipinski definition) is 5. The van der Waals surface area contributed by atoms with E-state index >= 15 is 0 Å². The number of aryl methyl sites for hydroxylation is 1. The first kappa shape index (κ1) is 11.9. The molecule has 18 heavy (non-hydrogen) atoms. The molecule has 3 rings (SSSR count). The summed E-state index contributed by atoms with van der Waals surface area (Å²) in [7, 11) is 0. The summed E-state index contributed by atoms with van der Waals surface area (Å²) in [6.07, 6.45) is 1.98. The molecule has 5 heteroatoms. The van der Waals surface area contributed by atoms with Gasteiger partial charge in [-0.15, -0.1) is 11.3 Å². The second kappa shape index (κ2) is 4.82. The summed E-state index contributed by atoms with van der Waals surface area (Å²) < 4.78 is 10.8. The number of ether oxygens (including phenoxy) is 1. The van der Waals surface area contributed by atoms with E-state index in [4.69, 9.17) is 9.26 Å². The van der Waals surface area contributed by atoms with E-state index in [0.29, 0.717) is 18.4 Å². The van der Waals surface area contributed by atoms with Gasteiger partial charge in [-0.1, -0.05) is 12.1 Å². The predicted octanol–water partition coefficient (Wildman–Crippen LogP) is 3.17. The average Bonchev–Trinajstić information content (AvgIpc) is 3.08. The Labute approximate surface area is 110 Å². The van der Waals surface area contributed by atoms with Crippen molar-refractivity contribution in [2.24, 2.45) is 0 Å². The van der Waals surface area contributed by atoms with E-state index in [0.717, 1.165) is 30.8 Å². The van der Waals surface area contributed by atoms with Gasteiger partial charge in [0.2, 0.25) is 0 Å². The SMILES string of the molecule is CCc1c(-c2nc(C3CCOC3)no2)csc1C. The fraction of sp³-hybridized carbons (Fsp3) is 0.538. The van der Waals surface area contributed by atoms with Crippen molar-refractivity contribution >= 4 is 11.3 Å². The smallest absolute Gasteiger partial charge is 0.259 e. The predicted molar refractivity (Wildman–Crippen MR) is 69.9 cm³/mol. The highest BCUT2D eigenvalue weighted by Crippen LogP contribution is 2.32. The van der Waals surface area contributed by atoms with E-state index in [1.54, 1.807) is 11.3 Å². The van der Waals surface area contributed by atoms with Gasteiger partial charge in [0.1, 0.15) is 0 Å². The van der Waals surface area contributed by atoms with Crippen LogP contribution in [-0.2, 0) is 11.2 Å². The molecule has 1 unspecified atom stereocenters. The zero-order valence-corrected chi connectivity index (χ0v) is 11.4. The molecule has 0 spiro atoms. The van der Waals surface area contributed by atoms with Crippen LogP contribution in [0.15, 0.2) is 9.90 Å². The van der Waals surface area contributed by atoms with Crippen LogP contribution in [0, 0.1) is 6.92 Å². The minimum Gasteiger partial charge on any atom is -0.381 e. The van der Waals surface area contributed by atoms with Crippen molar-refractivity contribution in [3.8, 4) is 11.5 Å². The molecule has 0 bridgehead atoms. The van der Waals surface area contributed by atoms with Crippen molar-refractivity contribution in [3.63, 3.8) is 0 Å². The van der Waals surface area contributed by atoms with Crippen molar-refractivity contribution in [2.75, 3.05) is 13.2 Å². The molecule has 1 saturated heterocycles. The van der Waals surface area contributed by atoms with Crippen molar-refractivity contribution in [2.45, 2.75) is 32.6 Å². The van der Waals surface area contributed by atoms with E-state index in [1.165, 1.54) is 10.4 Å². The molecule has 0 aromatic carbocycles. The number of nitrogens with zero attached hydrogens (tertiary/aromatic N) is 2. The lowest BCUT2D eigenvalue weighted by molar-refractivity contribution is 0.192. The first-order chi connectivity index (χ1) is 8.79. The topological polar surface area (TPSA) is 48.2 Å². The van der Waals surface area contributed by atoms with E-state index < -0.39 is 0 Å². The highest BCUT2D eigenvalue weighted by atomic mass is 32.1. The zero-order valence-electron chi connectivity index (χ0n) is 10.6. The molecule has 1 fully saturated rings. The van der Waals surface area contributed by atoms with Crippen LogP contribution in [0.4, 0.5) is 0 Å². The van der Waals surface area contributed by atoms with Crippen LogP contribution in [-0.4, -0.2) is 23.4 Å². The summed E-state index contributed by atoms with van der Waals surface area (Å²) in [5, 5.41) is 6.21. The Morgan fingerprint density at radius 1 is 1.50 bits per heavy atom. The quantitative estimate of drug-likeness (QED) is 0.854. The minimum absolute atomic E-state index is 0.298. The Bertz CT molecular complexity index is 541. The molecule has 0 aliphatic carbocycles. The van der Waals surface area contributed by atoms with Crippen molar-refractivity contribution < 1.29 is 9.26 Å². The van der Waals surface area contributed by atoms with Crippen molar-refractivity contribution in [1.82, 2.24) is 10.1 Å². The van der Waals surface area contributed by atoms with E-state index in [9.17, 15) is 0 Å².